The normalized spacial score (nSPS) is 14.6. The molecule has 2 aliphatic rings. The summed E-state index contributed by atoms with van der Waals surface area (Å²) in [5, 5.41) is 17.6. The molecule has 6 rings (SSSR count). The predicted octanol–water partition coefficient (Wildman–Crippen LogP) is 4.33. The van der Waals surface area contributed by atoms with E-state index >= 15 is 4.39 Å². The Morgan fingerprint density at radius 1 is 1.31 bits per heavy atom. The highest BCUT2D eigenvalue weighted by Crippen LogP contribution is 2.43. The van der Waals surface area contributed by atoms with Crippen molar-refractivity contribution in [3.8, 4) is 34.2 Å². The highest BCUT2D eigenvalue weighted by molar-refractivity contribution is 6.31. The zero-order chi connectivity index (χ0) is 24.4. The number of carbonyl (C=O) groups excluding carboxylic acids is 1. The molecule has 8 nitrogen and oxygen atoms in total. The van der Waals surface area contributed by atoms with Crippen molar-refractivity contribution >= 4 is 34.2 Å². The van der Waals surface area contributed by atoms with E-state index in [-0.39, 0.29) is 39.7 Å². The first-order valence-electron chi connectivity index (χ1n) is 11.0. The topological polar surface area (TPSA) is 119 Å². The van der Waals surface area contributed by atoms with Gasteiger partial charge in [-0.25, -0.2) is 9.37 Å². The number of halogens is 2. The Bertz CT molecular complexity index is 1620. The van der Waals surface area contributed by atoms with Crippen LogP contribution in [-0.4, -0.2) is 26.8 Å². The van der Waals surface area contributed by atoms with E-state index in [2.05, 4.69) is 21.5 Å². The number of nitrogens with one attached hydrogen (secondary N) is 1. The lowest BCUT2D eigenvalue weighted by Crippen LogP contribution is -2.12. The zero-order valence-electron chi connectivity index (χ0n) is 18.5. The molecule has 35 heavy (non-hydrogen) atoms. The Morgan fingerprint density at radius 2 is 2.11 bits per heavy atom. The number of hydrogen-bond donors (Lipinski definition) is 2. The Kier molecular flexibility index (Phi) is 4.69. The standard InChI is InChI=1S/C25H18ClFN6O2/c1-33-23(21-14(8-28)19(35-12-3-4-12)7-17(26)22(21)27)15(10-31-33)11-2-5-13-18(6-11)32-24(29)16-9-30-25(34)20(13)16/h2,5-7,10,12H,3-4,9H2,1H3,(H2,29,32)(H,30,34). The van der Waals surface area contributed by atoms with Gasteiger partial charge in [0.15, 0.2) is 5.82 Å². The third-order valence-electron chi connectivity index (χ3n) is 6.37. The summed E-state index contributed by atoms with van der Waals surface area (Å²) in [4.78, 5) is 16.9. The lowest BCUT2D eigenvalue weighted by molar-refractivity contribution is 0.0967. The number of nitriles is 1. The molecule has 0 unspecified atom stereocenters. The molecule has 0 atom stereocenters. The number of carbonyl (C=O) groups is 1. The molecular formula is C25H18ClFN6O2. The maximum atomic E-state index is 15.5. The molecule has 3 N–H and O–H groups in total. The number of ether oxygens (including phenoxy) is 1. The first kappa shape index (κ1) is 21.4. The van der Waals surface area contributed by atoms with Crippen LogP contribution in [0.2, 0.25) is 5.02 Å². The molecule has 2 aromatic carbocycles. The van der Waals surface area contributed by atoms with Gasteiger partial charge in [-0.05, 0) is 24.5 Å². The molecule has 0 saturated heterocycles. The molecule has 1 aliphatic carbocycles. The molecule has 0 radical (unpaired) electrons. The number of pyridine rings is 1. The molecule has 1 saturated carbocycles. The third kappa shape index (κ3) is 3.29. The molecule has 3 heterocycles. The largest absolute Gasteiger partial charge is 0.489 e. The number of nitrogen functional groups attached to an aromatic ring is 1. The van der Waals surface area contributed by atoms with Crippen LogP contribution in [0, 0.1) is 17.1 Å². The molecule has 1 aliphatic heterocycles. The highest BCUT2D eigenvalue weighted by Gasteiger charge is 2.30. The fraction of sp³-hybridized carbons (Fsp3) is 0.200. The second-order valence-corrected chi connectivity index (χ2v) is 9.05. The molecule has 4 aromatic rings. The Morgan fingerprint density at radius 3 is 2.86 bits per heavy atom. The van der Waals surface area contributed by atoms with E-state index < -0.39 is 5.82 Å². The van der Waals surface area contributed by atoms with Gasteiger partial charge in [0, 0.05) is 36.2 Å². The summed E-state index contributed by atoms with van der Waals surface area (Å²) in [6, 6.07) is 8.81. The van der Waals surface area contributed by atoms with E-state index in [1.807, 2.05) is 6.07 Å². The second-order valence-electron chi connectivity index (χ2n) is 8.65. The predicted molar refractivity (Wildman–Crippen MR) is 128 cm³/mol. The van der Waals surface area contributed by atoms with Crippen molar-refractivity contribution in [1.82, 2.24) is 20.1 Å². The van der Waals surface area contributed by atoms with E-state index in [0.29, 0.717) is 45.4 Å². The van der Waals surface area contributed by atoms with Gasteiger partial charge in [-0.2, -0.15) is 10.4 Å². The van der Waals surface area contributed by atoms with Crippen molar-refractivity contribution in [2.45, 2.75) is 25.5 Å². The van der Waals surface area contributed by atoms with Crippen LogP contribution in [0.4, 0.5) is 10.2 Å². The SMILES string of the molecule is Cn1ncc(-c2ccc3c4c(c(N)nc3c2)CNC4=O)c1-c1c(F)c(Cl)cc(OC2CC2)c1C#N. The number of nitrogens with zero attached hydrogens (tertiary/aromatic N) is 4. The molecule has 0 bridgehead atoms. The van der Waals surface area contributed by atoms with Crippen LogP contribution in [-0.2, 0) is 13.6 Å². The van der Waals surface area contributed by atoms with Crippen LogP contribution >= 0.6 is 11.6 Å². The minimum Gasteiger partial charge on any atom is -0.489 e. The number of rotatable bonds is 4. The number of aromatic nitrogens is 3. The van der Waals surface area contributed by atoms with Crippen LogP contribution in [0.25, 0.3) is 33.3 Å². The van der Waals surface area contributed by atoms with Crippen LogP contribution in [0.3, 0.4) is 0 Å². The lowest BCUT2D eigenvalue weighted by Gasteiger charge is -2.15. The smallest absolute Gasteiger partial charge is 0.252 e. The van der Waals surface area contributed by atoms with Crippen molar-refractivity contribution in [2.24, 2.45) is 7.05 Å². The van der Waals surface area contributed by atoms with Crippen LogP contribution < -0.4 is 15.8 Å². The number of hydrogen-bond acceptors (Lipinski definition) is 6. The van der Waals surface area contributed by atoms with Crippen molar-refractivity contribution < 1.29 is 13.9 Å². The zero-order valence-corrected chi connectivity index (χ0v) is 19.3. The molecule has 1 amide bonds. The first-order valence-corrected chi connectivity index (χ1v) is 11.4. The summed E-state index contributed by atoms with van der Waals surface area (Å²) >= 11 is 6.23. The van der Waals surface area contributed by atoms with Crippen LogP contribution in [0.15, 0.2) is 30.5 Å². The highest BCUT2D eigenvalue weighted by atomic mass is 35.5. The summed E-state index contributed by atoms with van der Waals surface area (Å²) in [6.07, 6.45) is 3.34. The summed E-state index contributed by atoms with van der Waals surface area (Å²) in [6.45, 7) is 0.341. The van der Waals surface area contributed by atoms with Crippen LogP contribution in [0.1, 0.15) is 34.3 Å². The summed E-state index contributed by atoms with van der Waals surface area (Å²) in [5.41, 5.74) is 9.51. The summed E-state index contributed by atoms with van der Waals surface area (Å²) < 4.78 is 22.8. The van der Waals surface area contributed by atoms with Gasteiger partial charge in [0.1, 0.15) is 23.2 Å². The number of nitrogens with two attached hydrogens (primary N) is 1. The minimum absolute atomic E-state index is 0.00145. The number of aryl methyl sites for hydroxylation is 1. The monoisotopic (exact) mass is 488 g/mol. The maximum Gasteiger partial charge on any atom is 0.252 e. The quantitative estimate of drug-likeness (QED) is 0.441. The van der Waals surface area contributed by atoms with Gasteiger partial charge in [-0.3, -0.25) is 9.48 Å². The van der Waals surface area contributed by atoms with Crippen molar-refractivity contribution in [3.63, 3.8) is 0 Å². The van der Waals surface area contributed by atoms with E-state index in [4.69, 9.17) is 22.1 Å². The molecular weight excluding hydrogens is 471 g/mol. The average molecular weight is 489 g/mol. The fourth-order valence-corrected chi connectivity index (χ4v) is 4.72. The van der Waals surface area contributed by atoms with E-state index in [1.54, 1.807) is 25.4 Å². The minimum atomic E-state index is -0.728. The van der Waals surface area contributed by atoms with Gasteiger partial charge in [0.05, 0.1) is 39.7 Å². The Labute approximate surface area is 204 Å². The lowest BCUT2D eigenvalue weighted by atomic mass is 9.95. The first-order chi connectivity index (χ1) is 16.9. The number of amides is 1. The van der Waals surface area contributed by atoms with Crippen LogP contribution in [0.5, 0.6) is 5.75 Å². The second kappa shape index (κ2) is 7.68. The Hall–Kier alpha value is -4.16. The van der Waals surface area contributed by atoms with E-state index in [1.165, 1.54) is 10.7 Å². The van der Waals surface area contributed by atoms with Gasteiger partial charge in [0.25, 0.3) is 5.91 Å². The van der Waals surface area contributed by atoms with Gasteiger partial charge in [-0.15, -0.1) is 0 Å². The maximum absolute atomic E-state index is 15.5. The molecule has 0 spiro atoms. The van der Waals surface area contributed by atoms with Crippen molar-refractivity contribution in [2.75, 3.05) is 5.73 Å². The van der Waals surface area contributed by atoms with E-state index in [0.717, 1.165) is 12.8 Å². The van der Waals surface area contributed by atoms with Gasteiger partial charge in [0.2, 0.25) is 0 Å². The number of benzene rings is 2. The fourth-order valence-electron chi connectivity index (χ4n) is 4.53. The third-order valence-corrected chi connectivity index (χ3v) is 6.65. The summed E-state index contributed by atoms with van der Waals surface area (Å²) in [7, 11) is 1.66. The Balaban J connectivity index is 1.57. The average Bonchev–Trinajstić information content (AvgIpc) is 3.45. The number of anilines is 1. The van der Waals surface area contributed by atoms with Crippen molar-refractivity contribution in [3.05, 3.63) is 58.0 Å². The van der Waals surface area contributed by atoms with Gasteiger partial charge < -0.3 is 15.8 Å². The van der Waals surface area contributed by atoms with Crippen molar-refractivity contribution in [1.29, 1.82) is 5.26 Å². The molecule has 10 heteroatoms. The van der Waals surface area contributed by atoms with E-state index in [9.17, 15) is 10.1 Å². The summed E-state index contributed by atoms with van der Waals surface area (Å²) in [5.74, 6) is -0.396. The molecule has 1 fully saturated rings. The van der Waals surface area contributed by atoms with Gasteiger partial charge >= 0.3 is 0 Å². The molecule has 2 aromatic heterocycles. The molecule has 174 valence electrons. The van der Waals surface area contributed by atoms with Gasteiger partial charge in [-0.1, -0.05) is 23.7 Å². The number of fused-ring (bicyclic) bond motifs is 3.